The highest BCUT2D eigenvalue weighted by Crippen LogP contribution is 2.48. The fourth-order valence-corrected chi connectivity index (χ4v) is 6.55. The lowest BCUT2D eigenvalue weighted by molar-refractivity contribution is -0.155. The van der Waals surface area contributed by atoms with Crippen LogP contribution >= 0.6 is 0 Å². The molecule has 7 heteroatoms. The summed E-state index contributed by atoms with van der Waals surface area (Å²) in [6.45, 7) is 5.29. The van der Waals surface area contributed by atoms with Gasteiger partial charge in [0.25, 0.3) is 0 Å². The van der Waals surface area contributed by atoms with Crippen LogP contribution in [0.3, 0.4) is 0 Å². The Balaban J connectivity index is 1.40. The van der Waals surface area contributed by atoms with Crippen LogP contribution in [-0.4, -0.2) is 78.4 Å². The number of amides is 2. The van der Waals surface area contributed by atoms with Gasteiger partial charge in [0.1, 0.15) is 12.1 Å². The zero-order chi connectivity index (χ0) is 29.1. The molecule has 2 aliphatic rings. The largest absolute Gasteiger partial charge is 0.467 e. The van der Waals surface area contributed by atoms with E-state index in [0.29, 0.717) is 26.1 Å². The van der Waals surface area contributed by atoms with Gasteiger partial charge in [-0.2, -0.15) is 0 Å². The Morgan fingerprint density at radius 1 is 0.829 bits per heavy atom. The second-order valence-electron chi connectivity index (χ2n) is 11.4. The van der Waals surface area contributed by atoms with Gasteiger partial charge < -0.3 is 14.5 Å². The van der Waals surface area contributed by atoms with Crippen molar-refractivity contribution in [2.75, 3.05) is 33.8 Å². The zero-order valence-corrected chi connectivity index (χ0v) is 24.3. The second-order valence-corrected chi connectivity index (χ2v) is 11.4. The monoisotopic (exact) mass is 553 g/mol. The predicted octanol–water partition coefficient (Wildman–Crippen LogP) is 4.17. The van der Waals surface area contributed by atoms with Gasteiger partial charge in [0.15, 0.2) is 0 Å². The van der Waals surface area contributed by atoms with Crippen molar-refractivity contribution in [3.8, 4) is 0 Å². The van der Waals surface area contributed by atoms with Crippen molar-refractivity contribution in [2.24, 2.45) is 11.8 Å². The molecule has 2 unspecified atom stereocenters. The number of hydrogen-bond acceptors (Lipinski definition) is 5. The first kappa shape index (κ1) is 28.6. The molecule has 2 aliphatic heterocycles. The van der Waals surface area contributed by atoms with Crippen molar-refractivity contribution in [1.29, 1.82) is 0 Å². The summed E-state index contributed by atoms with van der Waals surface area (Å²) in [5.74, 6) is -0.927. The summed E-state index contributed by atoms with van der Waals surface area (Å²) in [6, 6.07) is 30.1. The Kier molecular flexibility index (Phi) is 8.27. The van der Waals surface area contributed by atoms with Gasteiger partial charge in [-0.05, 0) is 29.0 Å². The molecule has 0 aromatic heterocycles. The number of methoxy groups -OCH3 is 1. The lowest BCUT2D eigenvalue weighted by Gasteiger charge is -2.38. The van der Waals surface area contributed by atoms with Crippen LogP contribution in [0.2, 0.25) is 0 Å². The van der Waals surface area contributed by atoms with E-state index in [1.807, 2.05) is 73.3 Å². The van der Waals surface area contributed by atoms with Gasteiger partial charge in [0.05, 0.1) is 18.6 Å². The molecule has 4 atom stereocenters. The van der Waals surface area contributed by atoms with Gasteiger partial charge in [-0.15, -0.1) is 0 Å². The normalized spacial score (nSPS) is 20.9. The molecule has 7 nitrogen and oxygen atoms in total. The third-order valence-electron chi connectivity index (χ3n) is 8.59. The highest BCUT2D eigenvalue weighted by Gasteiger charge is 2.57. The molecule has 3 aromatic rings. The van der Waals surface area contributed by atoms with E-state index in [1.165, 1.54) is 12.0 Å². The molecule has 2 saturated heterocycles. The van der Waals surface area contributed by atoms with Gasteiger partial charge in [0, 0.05) is 26.7 Å². The smallest absolute Gasteiger partial charge is 0.328 e. The lowest BCUT2D eigenvalue weighted by atomic mass is 9.76. The average molecular weight is 554 g/mol. The van der Waals surface area contributed by atoms with E-state index in [-0.39, 0.29) is 29.7 Å². The Bertz CT molecular complexity index is 1270. The second kappa shape index (κ2) is 11.9. The van der Waals surface area contributed by atoms with Crippen molar-refractivity contribution in [3.05, 3.63) is 108 Å². The number of carbonyl (C=O) groups excluding carboxylic acids is 3. The Morgan fingerprint density at radius 3 is 1.76 bits per heavy atom. The predicted molar refractivity (Wildman–Crippen MR) is 158 cm³/mol. The van der Waals surface area contributed by atoms with E-state index in [1.54, 1.807) is 7.05 Å². The van der Waals surface area contributed by atoms with Crippen LogP contribution in [0.25, 0.3) is 0 Å². The summed E-state index contributed by atoms with van der Waals surface area (Å²) in [4.78, 5) is 45.4. The van der Waals surface area contributed by atoms with E-state index >= 15 is 0 Å². The molecule has 5 rings (SSSR count). The van der Waals surface area contributed by atoms with Crippen molar-refractivity contribution in [3.63, 3.8) is 0 Å². The van der Waals surface area contributed by atoms with Crippen LogP contribution in [0.4, 0.5) is 0 Å². The van der Waals surface area contributed by atoms with Crippen molar-refractivity contribution in [2.45, 2.75) is 37.9 Å². The first-order valence-corrected chi connectivity index (χ1v) is 14.4. The maximum Gasteiger partial charge on any atom is 0.328 e. The average Bonchev–Trinajstić information content (AvgIpc) is 3.64. The van der Waals surface area contributed by atoms with Crippen molar-refractivity contribution in [1.82, 2.24) is 14.7 Å². The van der Waals surface area contributed by atoms with E-state index in [2.05, 4.69) is 41.3 Å². The maximum absolute atomic E-state index is 14.0. The Morgan fingerprint density at radius 2 is 1.32 bits per heavy atom. The number of nitrogens with zero attached hydrogens (tertiary/aromatic N) is 3. The molecule has 0 saturated carbocycles. The minimum absolute atomic E-state index is 0.0449. The quantitative estimate of drug-likeness (QED) is 0.226. The molecular formula is C34H39N3O4. The lowest BCUT2D eigenvalue weighted by Crippen LogP contribution is -2.49. The Hall–Kier alpha value is -3.97. The van der Waals surface area contributed by atoms with Crippen LogP contribution in [0.5, 0.6) is 0 Å². The number of carbonyl (C=O) groups is 3. The number of rotatable bonds is 9. The topological polar surface area (TPSA) is 69.9 Å². The SMILES string of the molecule is COC(=O)[C@H](C(C)C)N(C)C(=O)C1CCN(C(=O)[C@H]2CN2C(c2ccccc2)(c2ccccc2)c2ccccc2)C1. The molecule has 0 spiro atoms. The van der Waals surface area contributed by atoms with Crippen LogP contribution in [0.15, 0.2) is 91.0 Å². The third kappa shape index (κ3) is 5.26. The van der Waals surface area contributed by atoms with Gasteiger partial charge >= 0.3 is 5.97 Å². The fraction of sp³-hybridized carbons (Fsp3) is 0.382. The summed E-state index contributed by atoms with van der Waals surface area (Å²) in [5.41, 5.74) is 2.67. The molecule has 2 heterocycles. The first-order chi connectivity index (χ1) is 19.8. The van der Waals surface area contributed by atoms with Crippen LogP contribution in [-0.2, 0) is 24.7 Å². The summed E-state index contributed by atoms with van der Waals surface area (Å²) < 4.78 is 4.96. The number of likely N-dealkylation sites (N-methyl/N-ethyl adjacent to an activating group) is 1. The molecule has 2 fully saturated rings. The molecule has 0 N–H and O–H groups in total. The van der Waals surface area contributed by atoms with Crippen molar-refractivity contribution < 1.29 is 19.1 Å². The van der Waals surface area contributed by atoms with Gasteiger partial charge in [-0.25, -0.2) is 4.79 Å². The number of esters is 1. The third-order valence-corrected chi connectivity index (χ3v) is 8.59. The summed E-state index contributed by atoms with van der Waals surface area (Å²) >= 11 is 0. The number of hydrogen-bond donors (Lipinski definition) is 0. The van der Waals surface area contributed by atoms with E-state index in [4.69, 9.17) is 4.74 Å². The zero-order valence-electron chi connectivity index (χ0n) is 24.3. The van der Waals surface area contributed by atoms with Gasteiger partial charge in [-0.3, -0.25) is 14.5 Å². The van der Waals surface area contributed by atoms with Gasteiger partial charge in [0.2, 0.25) is 11.8 Å². The molecule has 41 heavy (non-hydrogen) atoms. The first-order valence-electron chi connectivity index (χ1n) is 14.4. The molecule has 0 bridgehead atoms. The van der Waals surface area contributed by atoms with Gasteiger partial charge in [-0.1, -0.05) is 105 Å². The molecule has 214 valence electrons. The van der Waals surface area contributed by atoms with E-state index in [9.17, 15) is 14.4 Å². The van der Waals surface area contributed by atoms with Crippen LogP contribution < -0.4 is 0 Å². The van der Waals surface area contributed by atoms with Crippen LogP contribution in [0, 0.1) is 11.8 Å². The van der Waals surface area contributed by atoms with Crippen LogP contribution in [0.1, 0.15) is 37.0 Å². The summed E-state index contributed by atoms with van der Waals surface area (Å²) in [7, 11) is 3.00. The molecule has 2 amide bonds. The van der Waals surface area contributed by atoms with E-state index < -0.39 is 17.6 Å². The standard InChI is InChI=1S/C34H39N3O4/c1-24(2)30(33(40)41-4)35(3)31(38)25-20-21-36(22-25)32(39)29-23-37(29)34(26-14-8-5-9-15-26,27-16-10-6-11-17-27)28-18-12-7-13-19-28/h5-19,24-25,29-30H,20-23H2,1-4H3/t25?,29-,30+,37?/m1/s1. The molecule has 3 aromatic carbocycles. The maximum atomic E-state index is 14.0. The highest BCUT2D eigenvalue weighted by atomic mass is 16.5. The highest BCUT2D eigenvalue weighted by molar-refractivity contribution is 5.89. The summed E-state index contributed by atoms with van der Waals surface area (Å²) in [5, 5.41) is 0. The molecular weight excluding hydrogens is 514 g/mol. The number of ether oxygens (including phenoxy) is 1. The summed E-state index contributed by atoms with van der Waals surface area (Å²) in [6.07, 6.45) is 0.578. The Labute approximate surface area is 242 Å². The molecule has 0 radical (unpaired) electrons. The number of likely N-dealkylation sites (tertiary alicyclic amines) is 1. The van der Waals surface area contributed by atoms with E-state index in [0.717, 1.165) is 16.7 Å². The van der Waals surface area contributed by atoms with Crippen molar-refractivity contribution >= 4 is 17.8 Å². The number of benzene rings is 3. The minimum atomic E-state index is -0.653. The fourth-order valence-electron chi connectivity index (χ4n) is 6.55. The molecule has 0 aliphatic carbocycles. The minimum Gasteiger partial charge on any atom is -0.467 e.